The highest BCUT2D eigenvalue weighted by molar-refractivity contribution is 5.90. The van der Waals surface area contributed by atoms with Gasteiger partial charge < -0.3 is 20.2 Å². The second kappa shape index (κ2) is 9.80. The molecule has 2 N–H and O–H groups in total. The first-order valence-electron chi connectivity index (χ1n) is 13.1. The van der Waals surface area contributed by atoms with Gasteiger partial charge in [0.15, 0.2) is 0 Å². The topological polar surface area (TPSA) is 116 Å². The van der Waals surface area contributed by atoms with Crippen molar-refractivity contribution in [3.63, 3.8) is 0 Å². The van der Waals surface area contributed by atoms with Crippen LogP contribution >= 0.6 is 0 Å². The van der Waals surface area contributed by atoms with Crippen LogP contribution in [0, 0.1) is 5.41 Å². The number of likely N-dealkylation sites (tertiary alicyclic amines) is 1. The number of anilines is 1. The molecular formula is C26H37N7O3. The summed E-state index contributed by atoms with van der Waals surface area (Å²) in [6.07, 6.45) is 7.78. The van der Waals surface area contributed by atoms with E-state index in [1.165, 1.54) is 17.7 Å². The number of hydrogen-bond donors (Lipinski definition) is 2. The highest BCUT2D eigenvalue weighted by Crippen LogP contribution is 2.40. The number of aliphatic hydroxyl groups excluding tert-OH is 1. The molecule has 1 aliphatic carbocycles. The van der Waals surface area contributed by atoms with Gasteiger partial charge in [-0.15, -0.1) is 5.10 Å². The molecule has 0 aromatic carbocycles. The first-order chi connectivity index (χ1) is 17.2. The zero-order valence-corrected chi connectivity index (χ0v) is 21.4. The Morgan fingerprint density at radius 2 is 1.94 bits per heavy atom. The molecule has 4 heterocycles. The van der Waals surface area contributed by atoms with Gasteiger partial charge >= 0.3 is 0 Å². The maximum absolute atomic E-state index is 13.8. The predicted molar refractivity (Wildman–Crippen MR) is 134 cm³/mol. The van der Waals surface area contributed by atoms with Crippen LogP contribution in [0.3, 0.4) is 0 Å². The van der Waals surface area contributed by atoms with Gasteiger partial charge in [-0.2, -0.15) is 0 Å². The van der Waals surface area contributed by atoms with E-state index in [-0.39, 0.29) is 31.3 Å². The Kier molecular flexibility index (Phi) is 6.72. The first-order valence-corrected chi connectivity index (χ1v) is 13.1. The van der Waals surface area contributed by atoms with Gasteiger partial charge in [0.05, 0.1) is 35.9 Å². The monoisotopic (exact) mass is 495 g/mol. The van der Waals surface area contributed by atoms with E-state index in [4.69, 9.17) is 0 Å². The second-order valence-corrected chi connectivity index (χ2v) is 11.5. The number of nitrogens with zero attached hydrogens (tertiary/aromatic N) is 6. The molecule has 3 fully saturated rings. The maximum Gasteiger partial charge on any atom is 0.248 e. The molecule has 0 radical (unpaired) electrons. The van der Waals surface area contributed by atoms with E-state index in [1.807, 2.05) is 45.3 Å². The maximum atomic E-state index is 13.8. The quantitative estimate of drug-likeness (QED) is 0.604. The highest BCUT2D eigenvalue weighted by Gasteiger charge is 2.45. The van der Waals surface area contributed by atoms with Crippen molar-refractivity contribution in [1.82, 2.24) is 30.2 Å². The molecule has 3 atom stereocenters. The molecule has 3 aliphatic rings. The van der Waals surface area contributed by atoms with Gasteiger partial charge in [-0.25, -0.2) is 4.68 Å². The van der Waals surface area contributed by atoms with Gasteiger partial charge in [0.25, 0.3) is 0 Å². The number of aliphatic hydroxyl groups is 1. The molecule has 0 bridgehead atoms. The fourth-order valence-electron chi connectivity index (χ4n) is 5.31. The van der Waals surface area contributed by atoms with Crippen LogP contribution in [-0.4, -0.2) is 73.6 Å². The molecule has 36 heavy (non-hydrogen) atoms. The molecule has 0 spiro atoms. The predicted octanol–water partition coefficient (Wildman–Crippen LogP) is 2.02. The van der Waals surface area contributed by atoms with E-state index in [2.05, 4.69) is 25.5 Å². The summed E-state index contributed by atoms with van der Waals surface area (Å²) in [6.45, 7) is 8.43. The Morgan fingerprint density at radius 1 is 1.19 bits per heavy atom. The molecule has 10 nitrogen and oxygen atoms in total. The molecule has 2 unspecified atom stereocenters. The van der Waals surface area contributed by atoms with E-state index in [0.717, 1.165) is 43.0 Å². The van der Waals surface area contributed by atoms with Crippen molar-refractivity contribution in [1.29, 1.82) is 0 Å². The molecule has 5 rings (SSSR count). The van der Waals surface area contributed by atoms with Crippen LogP contribution in [0.5, 0.6) is 0 Å². The Balaban J connectivity index is 1.26. The minimum absolute atomic E-state index is 0.121. The minimum Gasteiger partial charge on any atom is -0.391 e. The smallest absolute Gasteiger partial charge is 0.248 e. The summed E-state index contributed by atoms with van der Waals surface area (Å²) < 4.78 is 1.64. The molecule has 2 aromatic rings. The van der Waals surface area contributed by atoms with Gasteiger partial charge in [0, 0.05) is 38.2 Å². The van der Waals surface area contributed by atoms with E-state index >= 15 is 0 Å². The SMILES string of the molecule is CC(C)(C)[C@@H](C(=O)N1CC(O)CC1C(=O)NCc1ccc(N2CCCC2)cn1)n1cc(C2CC2)nn1. The average molecular weight is 496 g/mol. The fraction of sp³-hybridized carbons (Fsp3) is 0.654. The number of amides is 2. The summed E-state index contributed by atoms with van der Waals surface area (Å²) in [7, 11) is 0. The molecule has 2 saturated heterocycles. The summed E-state index contributed by atoms with van der Waals surface area (Å²) in [5, 5.41) is 21.9. The Hall–Kier alpha value is -3.01. The third-order valence-electron chi connectivity index (χ3n) is 7.43. The van der Waals surface area contributed by atoms with Crippen LogP contribution in [0.2, 0.25) is 0 Å². The molecule has 2 aromatic heterocycles. The van der Waals surface area contributed by atoms with Gasteiger partial charge in [-0.3, -0.25) is 14.6 Å². The summed E-state index contributed by atoms with van der Waals surface area (Å²) in [6, 6.07) is 2.60. The van der Waals surface area contributed by atoms with Crippen molar-refractivity contribution in [2.45, 2.75) is 83.5 Å². The van der Waals surface area contributed by atoms with Gasteiger partial charge in [0.2, 0.25) is 11.8 Å². The second-order valence-electron chi connectivity index (χ2n) is 11.5. The molecule has 2 aliphatic heterocycles. The number of hydrogen-bond acceptors (Lipinski definition) is 7. The third kappa shape index (κ3) is 5.23. The van der Waals surface area contributed by atoms with Crippen molar-refractivity contribution < 1.29 is 14.7 Å². The molecule has 2 amide bonds. The highest BCUT2D eigenvalue weighted by atomic mass is 16.3. The van der Waals surface area contributed by atoms with E-state index in [0.29, 0.717) is 5.92 Å². The first kappa shape index (κ1) is 24.7. The van der Waals surface area contributed by atoms with Crippen LogP contribution < -0.4 is 10.2 Å². The number of carbonyl (C=O) groups excluding carboxylic acids is 2. The lowest BCUT2D eigenvalue weighted by atomic mass is 9.85. The lowest BCUT2D eigenvalue weighted by molar-refractivity contribution is -0.144. The Bertz CT molecular complexity index is 1080. The minimum atomic E-state index is -0.749. The molecule has 194 valence electrons. The zero-order valence-electron chi connectivity index (χ0n) is 21.4. The average Bonchev–Trinajstić information content (AvgIpc) is 3.22. The number of aromatic nitrogens is 4. The van der Waals surface area contributed by atoms with Crippen molar-refractivity contribution >= 4 is 17.5 Å². The van der Waals surface area contributed by atoms with E-state index in [9.17, 15) is 14.7 Å². The normalized spacial score (nSPS) is 23.2. The van der Waals surface area contributed by atoms with Crippen molar-refractivity contribution in [2.24, 2.45) is 5.41 Å². The molecular weight excluding hydrogens is 458 g/mol. The number of rotatable bonds is 7. The lowest BCUT2D eigenvalue weighted by Gasteiger charge is -2.34. The van der Waals surface area contributed by atoms with Crippen LogP contribution in [0.4, 0.5) is 5.69 Å². The van der Waals surface area contributed by atoms with Gasteiger partial charge in [-0.1, -0.05) is 26.0 Å². The number of carbonyl (C=O) groups is 2. The summed E-state index contributed by atoms with van der Waals surface area (Å²) >= 11 is 0. The fourth-order valence-corrected chi connectivity index (χ4v) is 5.31. The Morgan fingerprint density at radius 3 is 2.58 bits per heavy atom. The summed E-state index contributed by atoms with van der Waals surface area (Å²) in [4.78, 5) is 35.3. The van der Waals surface area contributed by atoms with Gasteiger partial charge in [-0.05, 0) is 43.2 Å². The largest absolute Gasteiger partial charge is 0.391 e. The van der Waals surface area contributed by atoms with E-state index < -0.39 is 23.6 Å². The van der Waals surface area contributed by atoms with Crippen LogP contribution in [0.1, 0.15) is 76.2 Å². The number of β-amino-alcohol motifs (C(OH)–C–C–N with tert-alkyl or cyclic N) is 1. The zero-order chi connectivity index (χ0) is 25.4. The standard InChI is InChI=1S/C26H37N7O3/c1-26(2,3)23(33-16-21(29-30-33)17-6-7-17)25(36)32-15-20(34)12-22(32)24(35)28-13-18-8-9-19(14-27-18)31-10-4-5-11-31/h8-9,14,16-17,20,22-23,34H,4-7,10-13,15H2,1-3H3,(H,28,35)/t20?,22?,23-/m1/s1. The summed E-state index contributed by atoms with van der Waals surface area (Å²) in [5.74, 6) is -0.0746. The third-order valence-corrected chi connectivity index (χ3v) is 7.43. The van der Waals surface area contributed by atoms with Crippen LogP contribution in [0.15, 0.2) is 24.5 Å². The Labute approximate surface area is 212 Å². The van der Waals surface area contributed by atoms with Gasteiger partial charge in [0.1, 0.15) is 12.1 Å². The van der Waals surface area contributed by atoms with Crippen LogP contribution in [-0.2, 0) is 16.1 Å². The van der Waals surface area contributed by atoms with E-state index in [1.54, 1.807) is 4.68 Å². The summed E-state index contributed by atoms with van der Waals surface area (Å²) in [5.41, 5.74) is 2.31. The number of nitrogens with one attached hydrogen (secondary N) is 1. The van der Waals surface area contributed by atoms with Crippen LogP contribution in [0.25, 0.3) is 0 Å². The van der Waals surface area contributed by atoms with Crippen molar-refractivity contribution in [3.8, 4) is 0 Å². The lowest BCUT2D eigenvalue weighted by Crippen LogP contribution is -2.50. The van der Waals surface area contributed by atoms with Crippen molar-refractivity contribution in [2.75, 3.05) is 24.5 Å². The molecule has 1 saturated carbocycles. The number of pyridine rings is 1. The van der Waals surface area contributed by atoms with Crippen molar-refractivity contribution in [3.05, 3.63) is 35.9 Å². The molecule has 10 heteroatoms.